The zero-order chi connectivity index (χ0) is 100. The lowest BCUT2D eigenvalue weighted by Crippen LogP contribution is -2.29. The summed E-state index contributed by atoms with van der Waals surface area (Å²) in [5, 5.41) is 0. The second-order valence-electron chi connectivity index (χ2n) is 33.3. The predicted octanol–water partition coefficient (Wildman–Crippen LogP) is 6.13. The highest BCUT2D eigenvalue weighted by Gasteiger charge is 2.36. The number of ether oxygens (including phenoxy) is 16. The largest absolute Gasteiger partial charge is 0.383 e. The van der Waals surface area contributed by atoms with Gasteiger partial charge < -0.3 is 114 Å². The van der Waals surface area contributed by atoms with Gasteiger partial charge in [0.2, 0.25) is 5.95 Å². The van der Waals surface area contributed by atoms with Crippen LogP contribution in [0.3, 0.4) is 0 Å². The Kier molecular flexibility index (Phi) is 37.5. The molecule has 12 aromatic rings. The minimum atomic E-state index is -0.392. The molecule has 52 heteroatoms. The summed E-state index contributed by atoms with van der Waals surface area (Å²) in [6.07, 6.45) is 23.9. The van der Waals surface area contributed by atoms with Crippen LogP contribution in [0.4, 0.5) is 35.0 Å². The van der Waals surface area contributed by atoms with Gasteiger partial charge in [0.05, 0.1) is 106 Å². The van der Waals surface area contributed by atoms with Gasteiger partial charge in [-0.2, -0.15) is 24.9 Å². The highest BCUT2D eigenvalue weighted by Crippen LogP contribution is 2.38. The van der Waals surface area contributed by atoms with Crippen molar-refractivity contribution in [2.24, 2.45) is 0 Å². The van der Waals surface area contributed by atoms with E-state index in [1.54, 1.807) is 147 Å². The van der Waals surface area contributed by atoms with Gasteiger partial charge in [-0.3, -0.25) is 32.0 Å². The van der Waals surface area contributed by atoms with Crippen LogP contribution in [0.5, 0.6) is 0 Å². The molecule has 10 N–H and O–H groups in total. The zero-order valence-electron chi connectivity index (χ0n) is 81.3. The Labute approximate surface area is 813 Å². The molecule has 12 aromatic heterocycles. The molecule has 7 saturated heterocycles. The molecule has 7 fully saturated rings. The fourth-order valence-electron chi connectivity index (χ4n) is 16.2. The summed E-state index contributed by atoms with van der Waals surface area (Å²) in [4.78, 5) is 115. The van der Waals surface area contributed by atoms with Crippen LogP contribution in [0.1, 0.15) is 148 Å². The van der Waals surface area contributed by atoms with E-state index in [0.717, 1.165) is 137 Å². The van der Waals surface area contributed by atoms with Gasteiger partial charge >= 0.3 is 22.8 Å². The highest BCUT2D eigenvalue weighted by atomic mass is 32.2. The summed E-state index contributed by atoms with van der Waals surface area (Å²) < 4.78 is 99.9. The van der Waals surface area contributed by atoms with E-state index in [0.29, 0.717) is 62.3 Å². The molecule has 16 unspecified atom stereocenters. The van der Waals surface area contributed by atoms with Gasteiger partial charge in [-0.1, -0.05) is 12.2 Å². The highest BCUT2D eigenvalue weighted by molar-refractivity contribution is 8.00. The maximum Gasteiger partial charge on any atom is 0.351 e. The summed E-state index contributed by atoms with van der Waals surface area (Å²) in [6.45, 7) is 16.3. The van der Waals surface area contributed by atoms with E-state index < -0.39 is 5.69 Å². The lowest BCUT2D eigenvalue weighted by Gasteiger charge is -2.15. The summed E-state index contributed by atoms with van der Waals surface area (Å²) in [6, 6.07) is 4.99. The average Bonchev–Trinajstić information content (AvgIpc) is 1.65. The van der Waals surface area contributed by atoms with E-state index in [4.69, 9.17) is 104 Å². The van der Waals surface area contributed by atoms with Crippen LogP contribution in [0, 0.1) is 48.5 Å². The number of nitrogens with zero attached hydrogens (tertiary/aromatic N) is 25. The van der Waals surface area contributed by atoms with Crippen molar-refractivity contribution >= 4 is 103 Å². The van der Waals surface area contributed by atoms with Crippen molar-refractivity contribution in [2.75, 3.05) is 156 Å². The summed E-state index contributed by atoms with van der Waals surface area (Å²) in [5.41, 5.74) is 35.7. The molecule has 758 valence electrons. The van der Waals surface area contributed by atoms with Gasteiger partial charge in [-0.25, -0.2) is 74.0 Å². The molecule has 16 atom stereocenters. The Bertz CT molecular complexity index is 6210. The van der Waals surface area contributed by atoms with Crippen LogP contribution in [-0.2, 0) is 75.8 Å². The van der Waals surface area contributed by atoms with E-state index in [1.807, 2.05) is 82.9 Å². The first kappa shape index (κ1) is 106. The number of allylic oxidation sites excluding steroid dienone is 1. The van der Waals surface area contributed by atoms with Gasteiger partial charge in [0.25, 0.3) is 0 Å². The number of methoxy groups -OCH3 is 8. The number of anilines is 6. The Morgan fingerprint density at radius 3 is 1.26 bits per heavy atom. The molecular weight excluding hydrogens is 1860 g/mol. The van der Waals surface area contributed by atoms with Crippen molar-refractivity contribution in [3.05, 3.63) is 163 Å². The van der Waals surface area contributed by atoms with E-state index in [2.05, 4.69) is 96.5 Å². The molecular formula is C88H124N30O20S2. The SMILES string of the molecule is COC1C=CC(n2cnc3c(N(C)C)nc(C)nc32)C1.COC1CCC(n2ccc(N)nc2=O)O1.COC1CCC(n2cnc3c(C)nc(C)nc32)O1.COCC1CCC(n2ccc(N)nc2=O)O1.COCC1CCC(n2cnc3c(C)nc(C)nc32)O1.COCC1OC(n2cc(C)c(N)nc2=O)CS1.COCC1OC(n2ccc(N)nc2=O)CS1.COCC1OCC(n2cnc3c(C)nc(N)nc32)O1. The zero-order valence-corrected chi connectivity index (χ0v) is 82.9. The lowest BCUT2D eigenvalue weighted by atomic mass is 10.2. The Morgan fingerprint density at radius 1 is 0.393 bits per heavy atom. The van der Waals surface area contributed by atoms with Crippen LogP contribution in [0.2, 0.25) is 0 Å². The number of nitrogen functional groups attached to an aromatic ring is 5. The number of rotatable bonds is 22. The maximum absolute atomic E-state index is 11.7. The van der Waals surface area contributed by atoms with Crippen LogP contribution >= 0.6 is 23.5 Å². The number of aryl methyl sites for hydroxylation is 7. The topological polar surface area (TPSA) is 595 Å². The molecule has 0 saturated carbocycles. The lowest BCUT2D eigenvalue weighted by molar-refractivity contribution is -0.134. The fraction of sp³-hybridized carbons (Fsp3) is 0.568. The van der Waals surface area contributed by atoms with E-state index in [-0.39, 0.29) is 144 Å². The van der Waals surface area contributed by atoms with Crippen LogP contribution in [0.15, 0.2) is 99.6 Å². The number of fused-ring (bicyclic) bond motifs is 4. The molecule has 50 nitrogen and oxygen atoms in total. The van der Waals surface area contributed by atoms with Gasteiger partial charge in [0, 0.05) is 132 Å². The van der Waals surface area contributed by atoms with Gasteiger partial charge in [0.15, 0.2) is 59.0 Å². The normalized spacial score (nSPS) is 23.9. The van der Waals surface area contributed by atoms with E-state index >= 15 is 0 Å². The molecule has 0 aromatic carbocycles. The van der Waals surface area contributed by atoms with Crippen molar-refractivity contribution in [1.82, 2.24) is 116 Å². The summed E-state index contributed by atoms with van der Waals surface area (Å²) in [5.74, 6) is 5.71. The van der Waals surface area contributed by atoms with Gasteiger partial charge in [0.1, 0.15) is 106 Å². The molecule has 140 heavy (non-hydrogen) atoms. The van der Waals surface area contributed by atoms with Gasteiger partial charge in [-0.15, -0.1) is 23.5 Å². The molecule has 19 heterocycles. The number of imidazole rings is 4. The molecule has 0 spiro atoms. The predicted molar refractivity (Wildman–Crippen MR) is 517 cm³/mol. The molecule has 7 aliphatic heterocycles. The van der Waals surface area contributed by atoms with Crippen molar-refractivity contribution < 1.29 is 75.8 Å². The molecule has 0 radical (unpaired) electrons. The van der Waals surface area contributed by atoms with Crippen LogP contribution in [0.25, 0.3) is 44.7 Å². The molecule has 20 rings (SSSR count). The Balaban J connectivity index is 0.000000135. The Hall–Kier alpha value is -11.7. The number of hydrogen-bond acceptors (Lipinski definition) is 44. The third-order valence-corrected chi connectivity index (χ3v) is 25.2. The third-order valence-electron chi connectivity index (χ3n) is 23.0. The Morgan fingerprint density at radius 2 is 0.800 bits per heavy atom. The minimum absolute atomic E-state index is 0.00106. The second kappa shape index (κ2) is 49.6. The quantitative estimate of drug-likeness (QED) is 0.0476. The fourth-order valence-corrected chi connectivity index (χ4v) is 18.3. The van der Waals surface area contributed by atoms with Crippen molar-refractivity contribution in [3.63, 3.8) is 0 Å². The van der Waals surface area contributed by atoms with E-state index in [1.165, 1.54) is 18.3 Å². The number of thioether (sulfide) groups is 2. The third kappa shape index (κ3) is 26.8. The number of hydrogen-bond donors (Lipinski definition) is 5. The summed E-state index contributed by atoms with van der Waals surface area (Å²) >= 11 is 3.24. The first-order valence-electron chi connectivity index (χ1n) is 45.1. The molecule has 8 aliphatic rings. The molecule has 1 aliphatic carbocycles. The summed E-state index contributed by atoms with van der Waals surface area (Å²) in [7, 11) is 17.1. The number of aromatic nitrogens is 24. The van der Waals surface area contributed by atoms with Crippen LogP contribution < -0.4 is 56.3 Å². The average molecular weight is 1990 g/mol. The van der Waals surface area contributed by atoms with Gasteiger partial charge in [-0.05, 0) is 105 Å². The van der Waals surface area contributed by atoms with Crippen molar-refractivity contribution in [1.29, 1.82) is 0 Å². The number of nitrogens with two attached hydrogens (primary N) is 5. The van der Waals surface area contributed by atoms with Crippen molar-refractivity contribution in [3.8, 4) is 0 Å². The smallest absolute Gasteiger partial charge is 0.351 e. The van der Waals surface area contributed by atoms with Crippen molar-refractivity contribution in [2.45, 2.75) is 204 Å². The standard InChI is InChI=1S/C14H19N5O.C13H18N4O2.C12H16N4O2.C11H15N5O3.C10H15N3O3S.C10H15N3O3.C9H13N3O3S.C9H13N3O3/c1-9-16-13(18(2)3)12-14(17-9)19(8-15-12)10-5-6-11(7-10)20-4;1-8-12-13(16-9(2)15-8)17(7-14-12)11-5-4-10(19-11)6-18-3;1-7-11-12(15-8(2)14-7)16(6-13-11)9-4-5-10(17-3)18-9;1-6-9-10(15-11(12)14-6)16(5-13-9)7-3-18-8(19-7)4-17-2;1-6-3-13(10(14)12-9(6)11)7-5-17-8(16-7)4-15-2;1-15-6-7-2-3-9(16-7)13-5-4-8(11)12-10(13)14;1-14-4-8-15-7(5-16-8)12-3-2-6(10)11-9(12)13;1-14-8-3-2-7(15-8)12-5-4-6(10)11-9(12)13/h5-6,8,10-11H,7H2,1-4H3;7,10-11H,4-6H2,1-3H3;6,9-10H,4-5H2,1-3H3;5,7-8H,3-4H2,1-2H3,(H2,12,14,15);3,7-8H,4-5H2,1-2H3,(H2,11,12,14);4-5,7,9H,2-3,6H2,1H3,(H2,11,12,14);2-3,7-8H,4-5H2,1H3,(H2,10,11,13);4-5,7-8H,2-3H2,1H3,(H2,10,11,13). The first-order valence-corrected chi connectivity index (χ1v) is 47.2. The van der Waals surface area contributed by atoms with Crippen LogP contribution in [-0.4, -0.2) is 286 Å². The maximum atomic E-state index is 11.7. The minimum Gasteiger partial charge on any atom is -0.383 e. The molecule has 0 bridgehead atoms. The second-order valence-corrected chi connectivity index (χ2v) is 35.7. The molecule has 0 amide bonds. The monoisotopic (exact) mass is 1980 g/mol. The van der Waals surface area contributed by atoms with E-state index in [9.17, 15) is 19.2 Å². The first-order chi connectivity index (χ1) is 67.4.